The molecule has 0 saturated heterocycles. The third kappa shape index (κ3) is 3.44. The van der Waals surface area contributed by atoms with Gasteiger partial charge in [0.2, 0.25) is 0 Å². The monoisotopic (exact) mass is 301 g/mol. The van der Waals surface area contributed by atoms with Gasteiger partial charge in [0.05, 0.1) is 24.2 Å². The highest BCUT2D eigenvalue weighted by Gasteiger charge is 2.10. The zero-order valence-corrected chi connectivity index (χ0v) is 13.2. The zero-order chi connectivity index (χ0) is 15.4. The lowest BCUT2D eigenvalue weighted by atomic mass is 10.1. The fraction of sp³-hybridized carbons (Fsp3) is 0.188. The summed E-state index contributed by atoms with van der Waals surface area (Å²) in [4.78, 5) is 2.39. The molecule has 2 aromatic carbocycles. The van der Waals surface area contributed by atoms with E-state index in [0.717, 1.165) is 28.4 Å². The van der Waals surface area contributed by atoms with E-state index in [-0.39, 0.29) is 0 Å². The molecule has 0 fully saturated rings. The van der Waals surface area contributed by atoms with E-state index in [0.29, 0.717) is 4.99 Å². The maximum Gasteiger partial charge on any atom is 0.120 e. The first-order chi connectivity index (χ1) is 10.0. The van der Waals surface area contributed by atoms with E-state index >= 15 is 0 Å². The van der Waals surface area contributed by atoms with Crippen LogP contribution in [0.25, 0.3) is 0 Å². The number of hydrogen-bond donors (Lipinski definition) is 2. The molecule has 0 saturated carbocycles. The van der Waals surface area contributed by atoms with E-state index in [1.807, 2.05) is 61.5 Å². The van der Waals surface area contributed by atoms with Crippen molar-refractivity contribution in [3.63, 3.8) is 0 Å². The molecule has 0 unspecified atom stereocenters. The number of hydrogen-bond acceptors (Lipinski definition) is 4. The highest BCUT2D eigenvalue weighted by molar-refractivity contribution is 7.80. The second-order valence-electron chi connectivity index (χ2n) is 4.81. The van der Waals surface area contributed by atoms with Crippen molar-refractivity contribution in [1.29, 1.82) is 0 Å². The fourth-order valence-corrected chi connectivity index (χ4v) is 2.26. The van der Waals surface area contributed by atoms with Gasteiger partial charge in [-0.05, 0) is 24.3 Å². The van der Waals surface area contributed by atoms with Crippen molar-refractivity contribution in [2.24, 2.45) is 5.73 Å². The largest absolute Gasteiger partial charge is 0.497 e. The van der Waals surface area contributed by atoms with Crippen molar-refractivity contribution < 1.29 is 4.74 Å². The van der Waals surface area contributed by atoms with Gasteiger partial charge < -0.3 is 20.7 Å². The number of ether oxygens (including phenoxy) is 1. The number of rotatable bonds is 5. The molecule has 3 N–H and O–H groups in total. The van der Waals surface area contributed by atoms with Crippen LogP contribution in [0.1, 0.15) is 5.56 Å². The SMILES string of the molecule is COc1ccc(C(N)=S)c(Nc2ccccc2N(C)C)c1. The average molecular weight is 301 g/mol. The predicted molar refractivity (Wildman–Crippen MR) is 92.9 cm³/mol. The molecule has 2 rings (SSSR count). The molecule has 0 aliphatic heterocycles. The van der Waals surface area contributed by atoms with Crippen LogP contribution in [-0.4, -0.2) is 26.2 Å². The molecule has 0 aliphatic rings. The number of nitrogens with zero attached hydrogens (tertiary/aromatic N) is 1. The Morgan fingerprint density at radius 1 is 1.14 bits per heavy atom. The summed E-state index contributed by atoms with van der Waals surface area (Å²) in [5.41, 5.74) is 9.48. The van der Waals surface area contributed by atoms with Gasteiger partial charge in [0, 0.05) is 25.7 Å². The van der Waals surface area contributed by atoms with Gasteiger partial charge in [0.25, 0.3) is 0 Å². The van der Waals surface area contributed by atoms with Gasteiger partial charge >= 0.3 is 0 Å². The van der Waals surface area contributed by atoms with Crippen LogP contribution >= 0.6 is 12.2 Å². The fourth-order valence-electron chi connectivity index (χ4n) is 2.08. The van der Waals surface area contributed by atoms with Crippen LogP contribution in [0.4, 0.5) is 17.1 Å². The summed E-state index contributed by atoms with van der Waals surface area (Å²) in [7, 11) is 5.63. The van der Waals surface area contributed by atoms with E-state index in [1.165, 1.54) is 0 Å². The normalized spacial score (nSPS) is 10.0. The Bertz CT molecular complexity index is 656. The molecule has 0 spiro atoms. The number of nitrogens with two attached hydrogens (primary N) is 1. The minimum atomic E-state index is 0.350. The first kappa shape index (κ1) is 15.1. The van der Waals surface area contributed by atoms with Crippen molar-refractivity contribution in [2.45, 2.75) is 0 Å². The summed E-state index contributed by atoms with van der Waals surface area (Å²) in [6.07, 6.45) is 0. The van der Waals surface area contributed by atoms with Crippen molar-refractivity contribution >= 4 is 34.3 Å². The van der Waals surface area contributed by atoms with Crippen molar-refractivity contribution in [3.8, 4) is 5.75 Å². The Hall–Kier alpha value is -2.27. The molecule has 0 radical (unpaired) electrons. The summed E-state index contributed by atoms with van der Waals surface area (Å²) in [6, 6.07) is 13.6. The topological polar surface area (TPSA) is 50.5 Å². The number of methoxy groups -OCH3 is 1. The summed E-state index contributed by atoms with van der Waals surface area (Å²) in [6.45, 7) is 0. The number of thiocarbonyl (C=S) groups is 1. The Morgan fingerprint density at radius 3 is 2.48 bits per heavy atom. The van der Waals surface area contributed by atoms with Gasteiger partial charge in [-0.1, -0.05) is 24.4 Å². The van der Waals surface area contributed by atoms with E-state index in [1.54, 1.807) is 7.11 Å². The highest BCUT2D eigenvalue weighted by atomic mass is 32.1. The molecule has 4 nitrogen and oxygen atoms in total. The van der Waals surface area contributed by atoms with E-state index in [2.05, 4.69) is 5.32 Å². The first-order valence-corrected chi connectivity index (χ1v) is 6.95. The Labute approximate surface area is 130 Å². The van der Waals surface area contributed by atoms with Crippen LogP contribution < -0.4 is 20.7 Å². The Kier molecular flexibility index (Phi) is 4.65. The molecular formula is C16H19N3OS. The molecule has 0 aromatic heterocycles. The highest BCUT2D eigenvalue weighted by Crippen LogP contribution is 2.31. The average Bonchev–Trinajstić information content (AvgIpc) is 2.47. The van der Waals surface area contributed by atoms with Gasteiger partial charge in [0.1, 0.15) is 10.7 Å². The molecular weight excluding hydrogens is 282 g/mol. The second kappa shape index (κ2) is 6.45. The number of benzene rings is 2. The molecule has 5 heteroatoms. The van der Waals surface area contributed by atoms with Gasteiger partial charge in [-0.3, -0.25) is 0 Å². The zero-order valence-electron chi connectivity index (χ0n) is 12.4. The smallest absolute Gasteiger partial charge is 0.120 e. The van der Waals surface area contributed by atoms with Crippen LogP contribution in [0.15, 0.2) is 42.5 Å². The Morgan fingerprint density at radius 2 is 1.86 bits per heavy atom. The quantitative estimate of drug-likeness (QED) is 0.831. The van der Waals surface area contributed by atoms with Crippen LogP contribution in [0.2, 0.25) is 0 Å². The van der Waals surface area contributed by atoms with Crippen LogP contribution in [0.3, 0.4) is 0 Å². The molecule has 2 aromatic rings. The van der Waals surface area contributed by atoms with Crippen molar-refractivity contribution in [3.05, 3.63) is 48.0 Å². The minimum Gasteiger partial charge on any atom is -0.497 e. The molecule has 0 aliphatic carbocycles. The number of para-hydroxylation sites is 2. The van der Waals surface area contributed by atoms with Crippen LogP contribution in [0.5, 0.6) is 5.75 Å². The summed E-state index contributed by atoms with van der Waals surface area (Å²) < 4.78 is 5.27. The first-order valence-electron chi connectivity index (χ1n) is 6.54. The Balaban J connectivity index is 2.45. The third-order valence-electron chi connectivity index (χ3n) is 3.15. The van der Waals surface area contributed by atoms with Crippen LogP contribution in [-0.2, 0) is 0 Å². The molecule has 0 heterocycles. The molecule has 21 heavy (non-hydrogen) atoms. The lowest BCUT2D eigenvalue weighted by Crippen LogP contribution is -2.14. The molecule has 110 valence electrons. The van der Waals surface area contributed by atoms with E-state index in [9.17, 15) is 0 Å². The molecule has 0 amide bonds. The van der Waals surface area contributed by atoms with E-state index in [4.69, 9.17) is 22.7 Å². The van der Waals surface area contributed by atoms with Crippen molar-refractivity contribution in [2.75, 3.05) is 31.4 Å². The standard InChI is InChI=1S/C16H19N3OS/c1-19(2)15-7-5-4-6-13(15)18-14-10-11(20-3)8-9-12(14)16(17)21/h4-10,18H,1-3H3,(H2,17,21). The van der Waals surface area contributed by atoms with Gasteiger partial charge in [-0.15, -0.1) is 0 Å². The lowest BCUT2D eigenvalue weighted by molar-refractivity contribution is 0.415. The summed E-state index contributed by atoms with van der Waals surface area (Å²) >= 11 is 5.12. The summed E-state index contributed by atoms with van der Waals surface area (Å²) in [5.74, 6) is 0.750. The maximum absolute atomic E-state index is 5.80. The van der Waals surface area contributed by atoms with Gasteiger partial charge in [-0.25, -0.2) is 0 Å². The predicted octanol–water partition coefficient (Wildman–Crippen LogP) is 3.14. The van der Waals surface area contributed by atoms with Gasteiger partial charge in [0.15, 0.2) is 0 Å². The van der Waals surface area contributed by atoms with Crippen molar-refractivity contribution in [1.82, 2.24) is 0 Å². The van der Waals surface area contributed by atoms with Gasteiger partial charge in [-0.2, -0.15) is 0 Å². The van der Waals surface area contributed by atoms with Crippen LogP contribution in [0, 0.1) is 0 Å². The molecule has 0 atom stereocenters. The van der Waals surface area contributed by atoms with E-state index < -0.39 is 0 Å². The number of nitrogens with one attached hydrogen (secondary N) is 1. The maximum atomic E-state index is 5.80. The third-order valence-corrected chi connectivity index (χ3v) is 3.37. The lowest BCUT2D eigenvalue weighted by Gasteiger charge is -2.20. The summed E-state index contributed by atoms with van der Waals surface area (Å²) in [5, 5.41) is 3.39. The minimum absolute atomic E-state index is 0.350. The number of anilines is 3. The molecule has 0 bridgehead atoms. The second-order valence-corrected chi connectivity index (χ2v) is 5.25.